The first kappa shape index (κ1) is 15.8. The molecule has 0 aliphatic carbocycles. The van der Waals surface area contributed by atoms with Gasteiger partial charge in [-0.05, 0) is 36.4 Å². The molecular weight excluding hydrogens is 392 g/mol. The Labute approximate surface area is 169 Å². The minimum absolute atomic E-state index is 0.715. The average Bonchev–Trinajstić information content (AvgIpc) is 2.71. The molecule has 0 unspecified atom stereocenters. The predicted molar refractivity (Wildman–Crippen MR) is 112 cm³/mol. The summed E-state index contributed by atoms with van der Waals surface area (Å²) in [5.74, 6) is 0. The molecule has 6 rings (SSSR count). The van der Waals surface area contributed by atoms with Crippen LogP contribution < -0.4 is 10.7 Å². The summed E-state index contributed by atoms with van der Waals surface area (Å²) in [6, 6.07) is 22.6. The van der Waals surface area contributed by atoms with Crippen molar-refractivity contribution in [1.82, 2.24) is 0 Å². The Morgan fingerprint density at radius 3 is 1.81 bits per heavy atom. The fraction of sp³-hybridized carbons (Fsp3) is 0. The Bertz CT molecular complexity index is 1400. The molecule has 0 saturated carbocycles. The third-order valence-electron chi connectivity index (χ3n) is 4.75. The second kappa shape index (κ2) is 5.86. The zero-order valence-corrected chi connectivity index (χ0v) is 16.3. The van der Waals surface area contributed by atoms with Crippen molar-refractivity contribution in [2.75, 3.05) is 0 Å². The fourth-order valence-electron chi connectivity index (χ4n) is 3.52. The molecule has 0 bridgehead atoms. The molecule has 2 aliphatic rings. The highest BCUT2D eigenvalue weighted by Crippen LogP contribution is 2.45. The molecule has 27 heavy (non-hydrogen) atoms. The molecule has 5 heteroatoms. The van der Waals surface area contributed by atoms with Crippen LogP contribution in [0.2, 0.25) is 5.02 Å². The Kier molecular flexibility index (Phi) is 3.42. The van der Waals surface area contributed by atoms with Crippen LogP contribution in [0.25, 0.3) is 10.8 Å². The molecule has 0 amide bonds. The van der Waals surface area contributed by atoms with Gasteiger partial charge >= 0.3 is 0 Å². The van der Waals surface area contributed by atoms with Gasteiger partial charge < -0.3 is 0 Å². The molecule has 0 radical (unpaired) electrons. The third-order valence-corrected chi connectivity index (χ3v) is 7.45. The minimum atomic E-state index is 0.715. The van der Waals surface area contributed by atoms with E-state index < -0.39 is 0 Å². The number of benzene rings is 4. The maximum atomic E-state index is 6.34. The quantitative estimate of drug-likeness (QED) is 0.296. The lowest BCUT2D eigenvalue weighted by molar-refractivity contribution is 1.06. The third kappa shape index (κ3) is 2.37. The summed E-state index contributed by atoms with van der Waals surface area (Å²) in [6.45, 7) is 0. The van der Waals surface area contributed by atoms with E-state index in [0.29, 0.717) is 5.02 Å². The molecule has 0 N–H and O–H groups in total. The van der Waals surface area contributed by atoms with Crippen molar-refractivity contribution in [3.8, 4) is 0 Å². The molecule has 4 aromatic carbocycles. The lowest BCUT2D eigenvalue weighted by atomic mass is 10.1. The number of para-hydroxylation sites is 2. The van der Waals surface area contributed by atoms with E-state index in [2.05, 4.69) is 42.5 Å². The summed E-state index contributed by atoms with van der Waals surface area (Å²) in [7, 11) is 0. The molecule has 0 atom stereocenters. The molecule has 0 spiro atoms. The Balaban J connectivity index is 1.82. The van der Waals surface area contributed by atoms with Crippen molar-refractivity contribution in [3.05, 3.63) is 82.5 Å². The van der Waals surface area contributed by atoms with Gasteiger partial charge in [-0.25, -0.2) is 9.98 Å². The highest BCUT2D eigenvalue weighted by atomic mass is 35.5. The second-order valence-corrected chi connectivity index (χ2v) is 8.95. The van der Waals surface area contributed by atoms with Crippen LogP contribution in [-0.4, -0.2) is 0 Å². The topological polar surface area (TPSA) is 24.7 Å². The molecule has 2 nitrogen and oxygen atoms in total. The van der Waals surface area contributed by atoms with E-state index in [1.165, 1.54) is 19.6 Å². The van der Waals surface area contributed by atoms with Gasteiger partial charge in [0, 0.05) is 25.6 Å². The number of halogens is 1. The maximum absolute atomic E-state index is 6.34. The number of rotatable bonds is 0. The Hall–Kier alpha value is -2.27. The summed E-state index contributed by atoms with van der Waals surface area (Å²) < 4.78 is 0. The van der Waals surface area contributed by atoms with Crippen molar-refractivity contribution in [2.45, 2.75) is 19.6 Å². The summed E-state index contributed by atoms with van der Waals surface area (Å²) in [4.78, 5) is 14.7. The summed E-state index contributed by atoms with van der Waals surface area (Å²) in [5, 5.41) is 4.89. The zero-order valence-electron chi connectivity index (χ0n) is 13.9. The Morgan fingerprint density at radius 1 is 0.630 bits per heavy atom. The highest BCUT2D eigenvalue weighted by molar-refractivity contribution is 8.02. The summed E-state index contributed by atoms with van der Waals surface area (Å²) >= 11 is 9.90. The lowest BCUT2D eigenvalue weighted by Gasteiger charge is -2.20. The van der Waals surface area contributed by atoms with E-state index in [-0.39, 0.29) is 0 Å². The highest BCUT2D eigenvalue weighted by Gasteiger charge is 2.23. The predicted octanol–water partition coefficient (Wildman–Crippen LogP) is 6.33. The maximum Gasteiger partial charge on any atom is 0.0868 e. The second-order valence-electron chi connectivity index (χ2n) is 6.41. The molecule has 0 fully saturated rings. The minimum Gasteiger partial charge on any atom is -0.246 e. The standard InChI is InChI=1S/C22H11ClN2S2/c23-12-9-10-13-14(11-12)20-22(27-18-8-4-2-6-16(18)25-20)21-19(13)24-15-5-1-3-7-17(15)26-21/h1-11H. The molecule has 2 heterocycles. The number of nitrogens with zero attached hydrogens (tertiary/aromatic N) is 2. The molecule has 128 valence electrons. The average molecular weight is 403 g/mol. The van der Waals surface area contributed by atoms with Gasteiger partial charge in [0.25, 0.3) is 0 Å². The van der Waals surface area contributed by atoms with E-state index in [1.54, 1.807) is 23.5 Å². The first-order valence-electron chi connectivity index (χ1n) is 8.54. The van der Waals surface area contributed by atoms with Gasteiger partial charge in [0.05, 0.1) is 31.9 Å². The van der Waals surface area contributed by atoms with Crippen LogP contribution in [0.5, 0.6) is 0 Å². The van der Waals surface area contributed by atoms with Crippen molar-refractivity contribution in [2.24, 2.45) is 9.98 Å². The first-order valence-corrected chi connectivity index (χ1v) is 10.6. The van der Waals surface area contributed by atoms with E-state index >= 15 is 0 Å². The normalized spacial score (nSPS) is 13.7. The van der Waals surface area contributed by atoms with E-state index in [0.717, 1.165) is 32.9 Å². The van der Waals surface area contributed by atoms with Crippen LogP contribution in [0.15, 0.2) is 96.3 Å². The van der Waals surface area contributed by atoms with Gasteiger partial charge in [0.2, 0.25) is 0 Å². The fourth-order valence-corrected chi connectivity index (χ4v) is 6.00. The zero-order chi connectivity index (χ0) is 18.0. The molecule has 2 aliphatic heterocycles. The van der Waals surface area contributed by atoms with Gasteiger partial charge in [-0.2, -0.15) is 0 Å². The van der Waals surface area contributed by atoms with Gasteiger partial charge in [-0.1, -0.05) is 65.5 Å². The largest absolute Gasteiger partial charge is 0.246 e. The molecular formula is C22H11ClN2S2. The van der Waals surface area contributed by atoms with Crippen molar-refractivity contribution >= 4 is 57.3 Å². The van der Waals surface area contributed by atoms with Crippen molar-refractivity contribution in [3.63, 3.8) is 0 Å². The number of hydrogen-bond donors (Lipinski definition) is 0. The van der Waals surface area contributed by atoms with E-state index in [4.69, 9.17) is 21.6 Å². The summed E-state index contributed by atoms with van der Waals surface area (Å²) in [6.07, 6.45) is 0. The van der Waals surface area contributed by atoms with Crippen LogP contribution in [0.1, 0.15) is 0 Å². The van der Waals surface area contributed by atoms with Gasteiger partial charge in [0.15, 0.2) is 0 Å². The summed E-state index contributed by atoms with van der Waals surface area (Å²) in [5.41, 5.74) is 2.03. The van der Waals surface area contributed by atoms with Gasteiger partial charge in [0.1, 0.15) is 0 Å². The SMILES string of the molecule is Clc1ccc2c3c(c4c(c2c1)=Nc1ccccc1S4)Sc1ccccc1N=3. The van der Waals surface area contributed by atoms with Gasteiger partial charge in [-0.15, -0.1) is 0 Å². The van der Waals surface area contributed by atoms with E-state index in [1.807, 2.05) is 24.3 Å². The van der Waals surface area contributed by atoms with Crippen LogP contribution in [0, 0.1) is 0 Å². The van der Waals surface area contributed by atoms with Gasteiger partial charge in [-0.3, -0.25) is 0 Å². The molecule has 0 aromatic heterocycles. The first-order chi connectivity index (χ1) is 13.3. The number of fused-ring (bicyclic) bond motifs is 8. The van der Waals surface area contributed by atoms with Crippen molar-refractivity contribution < 1.29 is 0 Å². The lowest BCUT2D eigenvalue weighted by Crippen LogP contribution is -2.21. The van der Waals surface area contributed by atoms with E-state index in [9.17, 15) is 0 Å². The monoisotopic (exact) mass is 402 g/mol. The Morgan fingerprint density at radius 2 is 1.19 bits per heavy atom. The van der Waals surface area contributed by atoms with Crippen LogP contribution in [-0.2, 0) is 0 Å². The smallest absolute Gasteiger partial charge is 0.0868 e. The van der Waals surface area contributed by atoms with Crippen LogP contribution >= 0.6 is 35.1 Å². The van der Waals surface area contributed by atoms with Crippen LogP contribution in [0.3, 0.4) is 0 Å². The van der Waals surface area contributed by atoms with Crippen LogP contribution in [0.4, 0.5) is 11.4 Å². The number of hydrogen-bond acceptors (Lipinski definition) is 4. The van der Waals surface area contributed by atoms with Crippen molar-refractivity contribution in [1.29, 1.82) is 0 Å². The molecule has 0 saturated heterocycles. The molecule has 4 aromatic rings.